The molecule has 0 aliphatic carbocycles. The Balaban J connectivity index is 1.52. The molecule has 1 aromatic heterocycles. The van der Waals surface area contributed by atoms with Crippen LogP contribution in [0.4, 0.5) is 0 Å². The molecule has 6 heteroatoms. The summed E-state index contributed by atoms with van der Waals surface area (Å²) in [6.45, 7) is 8.52. The van der Waals surface area contributed by atoms with Crippen molar-refractivity contribution in [1.29, 1.82) is 0 Å². The van der Waals surface area contributed by atoms with Gasteiger partial charge in [-0.2, -0.15) is 0 Å². The van der Waals surface area contributed by atoms with Crippen LogP contribution in [0.3, 0.4) is 0 Å². The molecule has 1 spiro atoms. The van der Waals surface area contributed by atoms with E-state index in [1.807, 2.05) is 29.2 Å². The third-order valence-corrected chi connectivity index (χ3v) is 7.83. The molecule has 2 fully saturated rings. The van der Waals surface area contributed by atoms with Gasteiger partial charge in [0.25, 0.3) is 5.91 Å². The topological polar surface area (TPSA) is 48.8 Å². The summed E-state index contributed by atoms with van der Waals surface area (Å²) in [6, 6.07) is 12.1. The van der Waals surface area contributed by atoms with E-state index in [1.165, 1.54) is 5.69 Å². The second-order valence-corrected chi connectivity index (χ2v) is 9.96. The number of hydrogen-bond acceptors (Lipinski definition) is 3. The lowest BCUT2D eigenvalue weighted by molar-refractivity contribution is -0.142. The molecular formula is C26H34N4O2. The van der Waals surface area contributed by atoms with Crippen molar-refractivity contribution in [2.45, 2.75) is 57.2 Å². The van der Waals surface area contributed by atoms with E-state index in [1.54, 1.807) is 0 Å². The molecule has 0 saturated carbocycles. The first-order chi connectivity index (χ1) is 15.4. The molecule has 2 amide bonds. The largest absolute Gasteiger partial charge is 0.353 e. The first-order valence-electron chi connectivity index (χ1n) is 12.0. The summed E-state index contributed by atoms with van der Waals surface area (Å²) in [5, 5.41) is 0. The Morgan fingerprint density at radius 1 is 1.06 bits per heavy atom. The molecule has 1 unspecified atom stereocenters. The monoisotopic (exact) mass is 434 g/mol. The van der Waals surface area contributed by atoms with E-state index in [4.69, 9.17) is 0 Å². The lowest BCUT2D eigenvalue weighted by atomic mass is 9.66. The van der Waals surface area contributed by atoms with Crippen LogP contribution >= 0.6 is 0 Å². The van der Waals surface area contributed by atoms with Gasteiger partial charge in [-0.1, -0.05) is 18.2 Å². The average Bonchev–Trinajstić information content (AvgIpc) is 3.13. The SMILES string of the molecule is CC(C)N1C(=O)c2ccccc2C(C(=O)N2CCC2)C12CCN(Cc1cccn1C)CC2. The Morgan fingerprint density at radius 2 is 1.78 bits per heavy atom. The fraction of sp³-hybridized carbons (Fsp3) is 0.538. The van der Waals surface area contributed by atoms with Crippen molar-refractivity contribution in [3.63, 3.8) is 0 Å². The van der Waals surface area contributed by atoms with Gasteiger partial charge in [-0.05, 0) is 56.9 Å². The summed E-state index contributed by atoms with van der Waals surface area (Å²) in [4.78, 5) is 34.1. The molecule has 2 saturated heterocycles. The van der Waals surface area contributed by atoms with Crippen molar-refractivity contribution in [3.8, 4) is 0 Å². The van der Waals surface area contributed by atoms with Crippen LogP contribution in [0.5, 0.6) is 0 Å². The number of fused-ring (bicyclic) bond motifs is 1. The van der Waals surface area contributed by atoms with Crippen LogP contribution in [0.2, 0.25) is 0 Å². The number of carbonyl (C=O) groups is 2. The Hall–Kier alpha value is -2.60. The minimum atomic E-state index is -0.461. The van der Waals surface area contributed by atoms with Crippen LogP contribution < -0.4 is 0 Å². The summed E-state index contributed by atoms with van der Waals surface area (Å²) in [5.74, 6) is 0.00756. The predicted octanol–water partition coefficient (Wildman–Crippen LogP) is 3.24. The highest BCUT2D eigenvalue weighted by Gasteiger charge is 2.57. The van der Waals surface area contributed by atoms with Crippen LogP contribution in [-0.4, -0.2) is 68.8 Å². The molecule has 3 aliphatic rings. The summed E-state index contributed by atoms with van der Waals surface area (Å²) >= 11 is 0. The van der Waals surface area contributed by atoms with E-state index < -0.39 is 5.54 Å². The van der Waals surface area contributed by atoms with Gasteiger partial charge < -0.3 is 14.4 Å². The Labute approximate surface area is 190 Å². The highest BCUT2D eigenvalue weighted by atomic mass is 16.2. The Kier molecular flexibility index (Phi) is 5.36. The van der Waals surface area contributed by atoms with E-state index in [-0.39, 0.29) is 23.8 Å². The molecule has 2 aromatic rings. The zero-order valence-corrected chi connectivity index (χ0v) is 19.5. The lowest BCUT2D eigenvalue weighted by Gasteiger charge is -2.57. The number of carbonyl (C=O) groups excluding carboxylic acids is 2. The third-order valence-electron chi connectivity index (χ3n) is 7.83. The standard InChI is InChI=1S/C26H34N4O2/c1-19(2)30-24(31)22-10-5-4-9-21(22)23(25(32)29-14-7-15-29)26(30)11-16-28(17-12-26)18-20-8-6-13-27(20)3/h4-6,8-10,13,19,23H,7,11-12,14-18H2,1-3H3. The first-order valence-corrected chi connectivity index (χ1v) is 12.0. The lowest BCUT2D eigenvalue weighted by Crippen LogP contribution is -2.67. The predicted molar refractivity (Wildman–Crippen MR) is 124 cm³/mol. The second kappa shape index (κ2) is 8.07. The van der Waals surface area contributed by atoms with Gasteiger partial charge in [0.15, 0.2) is 0 Å². The van der Waals surface area contributed by atoms with Gasteiger partial charge in [-0.25, -0.2) is 0 Å². The van der Waals surface area contributed by atoms with Gasteiger partial charge in [0.1, 0.15) is 0 Å². The minimum Gasteiger partial charge on any atom is -0.353 e. The number of nitrogens with zero attached hydrogens (tertiary/aromatic N) is 4. The van der Waals surface area contributed by atoms with Crippen LogP contribution in [0.15, 0.2) is 42.6 Å². The molecule has 5 rings (SSSR count). The van der Waals surface area contributed by atoms with Crippen LogP contribution in [0, 0.1) is 0 Å². The van der Waals surface area contributed by atoms with Crippen molar-refractivity contribution in [2.75, 3.05) is 26.2 Å². The van der Waals surface area contributed by atoms with Crippen LogP contribution in [0.1, 0.15) is 60.6 Å². The maximum atomic E-state index is 13.8. The smallest absolute Gasteiger partial charge is 0.254 e. The molecule has 0 radical (unpaired) electrons. The second-order valence-electron chi connectivity index (χ2n) is 9.96. The quantitative estimate of drug-likeness (QED) is 0.742. The normalized spacial score (nSPS) is 22.9. The van der Waals surface area contributed by atoms with Crippen molar-refractivity contribution in [1.82, 2.24) is 19.3 Å². The van der Waals surface area contributed by atoms with Crippen LogP contribution in [-0.2, 0) is 18.4 Å². The highest BCUT2D eigenvalue weighted by molar-refractivity contribution is 6.02. The number of hydrogen-bond donors (Lipinski definition) is 0. The number of aryl methyl sites for hydroxylation is 1. The van der Waals surface area contributed by atoms with E-state index in [9.17, 15) is 9.59 Å². The highest BCUT2D eigenvalue weighted by Crippen LogP contribution is 2.49. The molecule has 3 aliphatic heterocycles. The van der Waals surface area contributed by atoms with Crippen LogP contribution in [0.25, 0.3) is 0 Å². The zero-order valence-electron chi connectivity index (χ0n) is 19.5. The fourth-order valence-electron chi connectivity index (χ4n) is 6.05. The summed E-state index contributed by atoms with van der Waals surface area (Å²) in [7, 11) is 2.08. The molecule has 0 N–H and O–H groups in total. The van der Waals surface area contributed by atoms with Gasteiger partial charge in [-0.15, -0.1) is 0 Å². The maximum absolute atomic E-state index is 13.8. The van der Waals surface area contributed by atoms with Gasteiger partial charge in [0, 0.05) is 63.3 Å². The third kappa shape index (κ3) is 3.27. The van der Waals surface area contributed by atoms with Crippen molar-refractivity contribution < 1.29 is 9.59 Å². The van der Waals surface area contributed by atoms with E-state index in [0.29, 0.717) is 5.56 Å². The number of amides is 2. The number of likely N-dealkylation sites (tertiary alicyclic amines) is 2. The first kappa shape index (κ1) is 21.3. The summed E-state index contributed by atoms with van der Waals surface area (Å²) < 4.78 is 2.17. The molecule has 0 bridgehead atoms. The number of benzene rings is 1. The summed E-state index contributed by atoms with van der Waals surface area (Å²) in [5.41, 5.74) is 2.47. The maximum Gasteiger partial charge on any atom is 0.254 e. The van der Waals surface area contributed by atoms with Crippen molar-refractivity contribution >= 4 is 11.8 Å². The molecule has 1 aromatic carbocycles. The van der Waals surface area contributed by atoms with Gasteiger partial charge >= 0.3 is 0 Å². The molecular weight excluding hydrogens is 400 g/mol. The Morgan fingerprint density at radius 3 is 2.38 bits per heavy atom. The summed E-state index contributed by atoms with van der Waals surface area (Å²) in [6.07, 6.45) is 4.80. The number of rotatable bonds is 4. The molecule has 32 heavy (non-hydrogen) atoms. The molecule has 6 nitrogen and oxygen atoms in total. The van der Waals surface area contributed by atoms with E-state index in [0.717, 1.165) is 57.5 Å². The van der Waals surface area contributed by atoms with Crippen molar-refractivity contribution in [3.05, 3.63) is 59.4 Å². The van der Waals surface area contributed by atoms with E-state index >= 15 is 0 Å². The van der Waals surface area contributed by atoms with Gasteiger partial charge in [-0.3, -0.25) is 14.5 Å². The molecule has 1 atom stereocenters. The van der Waals surface area contributed by atoms with Crippen molar-refractivity contribution in [2.24, 2.45) is 7.05 Å². The van der Waals surface area contributed by atoms with Gasteiger partial charge in [0.05, 0.1) is 11.5 Å². The van der Waals surface area contributed by atoms with Gasteiger partial charge in [0.2, 0.25) is 5.91 Å². The average molecular weight is 435 g/mol. The number of piperidine rings is 1. The molecule has 4 heterocycles. The zero-order chi connectivity index (χ0) is 22.5. The number of aromatic nitrogens is 1. The fourth-order valence-corrected chi connectivity index (χ4v) is 6.05. The van der Waals surface area contributed by atoms with E-state index in [2.05, 4.69) is 53.6 Å². The minimum absolute atomic E-state index is 0.0435. The Bertz CT molecular complexity index is 1010. The molecule has 170 valence electrons.